The molecule has 1 aliphatic heterocycles. The summed E-state index contributed by atoms with van der Waals surface area (Å²) < 4.78 is 17.7. The molecule has 4 rings (SSSR count). The normalized spacial score (nSPS) is 12.2. The number of benzene rings is 2. The summed E-state index contributed by atoms with van der Waals surface area (Å²) in [6.45, 7) is 2.50. The third-order valence-corrected chi connectivity index (χ3v) is 7.12. The quantitative estimate of drug-likeness (QED) is 0.349. The minimum atomic E-state index is -0.197. The second-order valence-corrected chi connectivity index (χ2v) is 9.29. The van der Waals surface area contributed by atoms with Gasteiger partial charge in [0.05, 0.1) is 42.9 Å². The summed E-state index contributed by atoms with van der Waals surface area (Å²) in [4.78, 5) is 31.4. The number of thioether (sulfide) groups is 2. The molecule has 10 heteroatoms. The van der Waals surface area contributed by atoms with Gasteiger partial charge in [-0.2, -0.15) is 0 Å². The molecule has 0 aliphatic carbocycles. The molecule has 0 radical (unpaired) electrons. The molecule has 1 N–H and O–H groups in total. The molecule has 0 atom stereocenters. The summed E-state index contributed by atoms with van der Waals surface area (Å²) in [7, 11) is 3.10. The Bertz CT molecular complexity index is 1240. The van der Waals surface area contributed by atoms with Gasteiger partial charge in [0, 0.05) is 23.9 Å². The van der Waals surface area contributed by atoms with E-state index < -0.39 is 0 Å². The van der Waals surface area contributed by atoms with E-state index in [1.165, 1.54) is 28.1 Å². The van der Waals surface area contributed by atoms with Gasteiger partial charge < -0.3 is 19.5 Å². The Balaban J connectivity index is 1.58. The van der Waals surface area contributed by atoms with E-state index in [1.807, 2.05) is 6.92 Å². The van der Waals surface area contributed by atoms with Crippen molar-refractivity contribution in [3.8, 4) is 22.9 Å². The zero-order valence-electron chi connectivity index (χ0n) is 19.1. The average molecular weight is 500 g/mol. The first-order chi connectivity index (χ1) is 16.5. The Hall–Kier alpha value is -3.11. The van der Waals surface area contributed by atoms with Gasteiger partial charge in [0.25, 0.3) is 5.56 Å². The minimum absolute atomic E-state index is 0.0961. The molecule has 1 amide bonds. The fourth-order valence-electron chi connectivity index (χ4n) is 3.51. The number of aryl methyl sites for hydroxylation is 1. The molecular weight excluding hydrogens is 474 g/mol. The van der Waals surface area contributed by atoms with Crippen molar-refractivity contribution in [3.63, 3.8) is 0 Å². The predicted octanol–water partition coefficient (Wildman–Crippen LogP) is 4.03. The van der Waals surface area contributed by atoms with Crippen molar-refractivity contribution in [2.45, 2.75) is 23.4 Å². The van der Waals surface area contributed by atoms with Gasteiger partial charge in [0.2, 0.25) is 5.91 Å². The number of carbonyl (C=O) groups excluding carboxylic acids is 1. The molecule has 0 fully saturated rings. The van der Waals surface area contributed by atoms with Crippen LogP contribution in [0.3, 0.4) is 0 Å². The number of ether oxygens (including phenoxy) is 3. The predicted molar refractivity (Wildman–Crippen MR) is 134 cm³/mol. The van der Waals surface area contributed by atoms with Gasteiger partial charge in [-0.1, -0.05) is 11.8 Å². The highest BCUT2D eigenvalue weighted by Gasteiger charge is 2.23. The van der Waals surface area contributed by atoms with Crippen LogP contribution in [-0.2, 0) is 11.2 Å². The molecule has 2 aromatic carbocycles. The van der Waals surface area contributed by atoms with E-state index >= 15 is 0 Å². The first-order valence-corrected chi connectivity index (χ1v) is 12.7. The molecule has 0 saturated carbocycles. The number of hydrogen-bond acceptors (Lipinski definition) is 8. The topological polar surface area (TPSA) is 91.7 Å². The summed E-state index contributed by atoms with van der Waals surface area (Å²) in [5, 5.41) is 3.33. The maximum Gasteiger partial charge on any atom is 0.272 e. The van der Waals surface area contributed by atoms with Gasteiger partial charge in [-0.15, -0.1) is 11.8 Å². The highest BCUT2D eigenvalue weighted by atomic mass is 32.2. The van der Waals surface area contributed by atoms with Gasteiger partial charge in [-0.3, -0.25) is 14.2 Å². The third-order valence-electron chi connectivity index (χ3n) is 5.07. The third kappa shape index (κ3) is 5.18. The van der Waals surface area contributed by atoms with E-state index in [1.54, 1.807) is 56.7 Å². The lowest BCUT2D eigenvalue weighted by Gasteiger charge is -2.15. The molecule has 1 aromatic heterocycles. The molecule has 1 aliphatic rings. The van der Waals surface area contributed by atoms with E-state index in [9.17, 15) is 9.59 Å². The SMILES string of the molecule is CCOc1ccc(NC(=O)CSc2nc3c(c(=O)n2-c2ccc(OC)c(OC)c2)SCC3)cc1. The van der Waals surface area contributed by atoms with Crippen LogP contribution in [0, 0.1) is 0 Å². The molecule has 0 unspecified atom stereocenters. The van der Waals surface area contributed by atoms with Crippen molar-refractivity contribution in [1.29, 1.82) is 0 Å². The molecule has 3 aromatic rings. The molecular formula is C24H25N3O5S2. The fraction of sp³-hybridized carbons (Fsp3) is 0.292. The maximum atomic E-state index is 13.4. The zero-order chi connectivity index (χ0) is 24.1. The van der Waals surface area contributed by atoms with Gasteiger partial charge in [-0.25, -0.2) is 4.98 Å². The summed E-state index contributed by atoms with van der Waals surface area (Å²) in [6, 6.07) is 12.4. The Morgan fingerprint density at radius 3 is 2.62 bits per heavy atom. The summed E-state index contributed by atoms with van der Waals surface area (Å²) in [6.07, 6.45) is 0.730. The van der Waals surface area contributed by atoms with Crippen molar-refractivity contribution in [3.05, 3.63) is 58.5 Å². The number of rotatable bonds is 9. The van der Waals surface area contributed by atoms with Crippen LogP contribution in [-0.4, -0.2) is 47.8 Å². The molecule has 0 bridgehead atoms. The van der Waals surface area contributed by atoms with Crippen LogP contribution < -0.4 is 25.1 Å². The zero-order valence-corrected chi connectivity index (χ0v) is 20.8. The first kappa shape index (κ1) is 24.0. The van der Waals surface area contributed by atoms with Gasteiger partial charge in [0.15, 0.2) is 16.7 Å². The van der Waals surface area contributed by atoms with E-state index in [0.717, 1.165) is 23.6 Å². The summed E-state index contributed by atoms with van der Waals surface area (Å²) in [5.41, 5.74) is 1.90. The highest BCUT2D eigenvalue weighted by Crippen LogP contribution is 2.33. The molecule has 178 valence electrons. The van der Waals surface area contributed by atoms with Crippen molar-refractivity contribution in [2.75, 3.05) is 37.6 Å². The number of amides is 1. The van der Waals surface area contributed by atoms with Crippen molar-refractivity contribution in [2.24, 2.45) is 0 Å². The van der Waals surface area contributed by atoms with Gasteiger partial charge in [-0.05, 0) is 43.3 Å². The van der Waals surface area contributed by atoms with Crippen LogP contribution in [0.15, 0.2) is 57.3 Å². The number of nitrogens with zero attached hydrogens (tertiary/aromatic N) is 2. The Kier molecular flexibility index (Phi) is 7.69. The number of fused-ring (bicyclic) bond motifs is 1. The van der Waals surface area contributed by atoms with Crippen molar-refractivity contribution < 1.29 is 19.0 Å². The van der Waals surface area contributed by atoms with Crippen LogP contribution in [0.4, 0.5) is 5.69 Å². The van der Waals surface area contributed by atoms with E-state index in [-0.39, 0.29) is 17.2 Å². The molecule has 8 nitrogen and oxygen atoms in total. The van der Waals surface area contributed by atoms with Crippen LogP contribution in [0.2, 0.25) is 0 Å². The molecule has 0 saturated heterocycles. The Morgan fingerprint density at radius 2 is 1.91 bits per heavy atom. The maximum absolute atomic E-state index is 13.4. The average Bonchev–Trinajstić information content (AvgIpc) is 3.33. The minimum Gasteiger partial charge on any atom is -0.494 e. The number of carbonyl (C=O) groups is 1. The van der Waals surface area contributed by atoms with Crippen LogP contribution in [0.5, 0.6) is 17.2 Å². The Labute approximate surface area is 206 Å². The molecule has 0 spiro atoms. The van der Waals surface area contributed by atoms with Gasteiger partial charge >= 0.3 is 0 Å². The number of nitrogens with one attached hydrogen (secondary N) is 1. The van der Waals surface area contributed by atoms with E-state index in [4.69, 9.17) is 19.2 Å². The van der Waals surface area contributed by atoms with Crippen LogP contribution in [0.1, 0.15) is 12.6 Å². The van der Waals surface area contributed by atoms with Gasteiger partial charge in [0.1, 0.15) is 5.75 Å². The molecule has 34 heavy (non-hydrogen) atoms. The molecule has 2 heterocycles. The standard InChI is InChI=1S/C24H25N3O5S2/c1-4-32-17-8-5-15(6-9-17)25-21(28)14-34-24-26-18-11-12-33-22(18)23(29)27(24)16-7-10-19(30-2)20(13-16)31-3/h5-10,13H,4,11-12,14H2,1-3H3,(H,25,28). The smallest absolute Gasteiger partial charge is 0.272 e. The van der Waals surface area contributed by atoms with Crippen molar-refractivity contribution >= 4 is 35.1 Å². The lowest BCUT2D eigenvalue weighted by Crippen LogP contribution is -2.24. The number of anilines is 1. The Morgan fingerprint density at radius 1 is 1.15 bits per heavy atom. The van der Waals surface area contributed by atoms with Crippen LogP contribution >= 0.6 is 23.5 Å². The fourth-order valence-corrected chi connectivity index (χ4v) is 5.36. The highest BCUT2D eigenvalue weighted by molar-refractivity contribution is 8.00. The lowest BCUT2D eigenvalue weighted by atomic mass is 10.2. The first-order valence-electron chi connectivity index (χ1n) is 10.7. The van der Waals surface area contributed by atoms with Crippen LogP contribution in [0.25, 0.3) is 5.69 Å². The summed E-state index contributed by atoms with van der Waals surface area (Å²) >= 11 is 2.73. The lowest BCUT2D eigenvalue weighted by molar-refractivity contribution is -0.113. The monoisotopic (exact) mass is 499 g/mol. The second kappa shape index (κ2) is 10.9. The second-order valence-electron chi connectivity index (χ2n) is 7.24. The number of hydrogen-bond donors (Lipinski definition) is 1. The van der Waals surface area contributed by atoms with Crippen molar-refractivity contribution in [1.82, 2.24) is 9.55 Å². The van der Waals surface area contributed by atoms with E-state index in [0.29, 0.717) is 39.5 Å². The largest absolute Gasteiger partial charge is 0.494 e. The summed E-state index contributed by atoms with van der Waals surface area (Å²) in [5.74, 6) is 2.52. The number of methoxy groups -OCH3 is 2. The number of aromatic nitrogens is 2. The van der Waals surface area contributed by atoms with E-state index in [2.05, 4.69) is 5.32 Å².